The fourth-order valence-electron chi connectivity index (χ4n) is 3.60. The maximum Gasteiger partial charge on any atom is 0.251 e. The zero-order chi connectivity index (χ0) is 19.3. The first-order valence-electron chi connectivity index (χ1n) is 9.39. The van der Waals surface area contributed by atoms with E-state index in [2.05, 4.69) is 15.3 Å². The highest BCUT2D eigenvalue weighted by atomic mass is 16.5. The molecule has 28 heavy (non-hydrogen) atoms. The van der Waals surface area contributed by atoms with Crippen LogP contribution >= 0.6 is 0 Å². The van der Waals surface area contributed by atoms with Crippen LogP contribution in [0.15, 0.2) is 55.0 Å². The minimum atomic E-state index is -0.162. The van der Waals surface area contributed by atoms with Gasteiger partial charge >= 0.3 is 0 Å². The zero-order valence-electron chi connectivity index (χ0n) is 15.3. The first-order valence-corrected chi connectivity index (χ1v) is 9.39. The van der Waals surface area contributed by atoms with Crippen molar-refractivity contribution in [3.05, 3.63) is 66.2 Å². The number of ether oxygens (including phenoxy) is 1. The summed E-state index contributed by atoms with van der Waals surface area (Å²) in [6.07, 6.45) is 8.72. The molecule has 0 spiro atoms. The van der Waals surface area contributed by atoms with Crippen LogP contribution in [-0.2, 0) is 0 Å². The van der Waals surface area contributed by atoms with Gasteiger partial charge in [0.05, 0.1) is 6.10 Å². The highest BCUT2D eigenvalue weighted by Gasteiger charge is 2.24. The Morgan fingerprint density at radius 2 is 2.00 bits per heavy atom. The first-order chi connectivity index (χ1) is 13.7. The number of nitriles is 1. The Morgan fingerprint density at radius 3 is 2.82 bits per heavy atom. The highest BCUT2D eigenvalue weighted by molar-refractivity contribution is 5.94. The van der Waals surface area contributed by atoms with Gasteiger partial charge in [-0.25, -0.2) is 4.98 Å². The Bertz CT molecular complexity index is 1030. The summed E-state index contributed by atoms with van der Waals surface area (Å²) in [6, 6.07) is 13.2. The van der Waals surface area contributed by atoms with Crippen LogP contribution in [0, 0.1) is 11.3 Å². The second-order valence-corrected chi connectivity index (χ2v) is 6.96. The molecule has 0 aliphatic heterocycles. The number of rotatable bonds is 4. The van der Waals surface area contributed by atoms with Crippen LogP contribution in [0.5, 0.6) is 5.75 Å². The Labute approximate surface area is 163 Å². The van der Waals surface area contributed by atoms with Crippen molar-refractivity contribution in [2.75, 3.05) is 0 Å². The molecule has 1 fully saturated rings. The molecule has 6 nitrogen and oxygen atoms in total. The van der Waals surface area contributed by atoms with E-state index in [9.17, 15) is 4.79 Å². The van der Waals surface area contributed by atoms with Crippen molar-refractivity contribution in [3.63, 3.8) is 0 Å². The average molecular weight is 372 g/mol. The Kier molecular flexibility index (Phi) is 5.16. The van der Waals surface area contributed by atoms with E-state index in [4.69, 9.17) is 10.00 Å². The van der Waals surface area contributed by atoms with Gasteiger partial charge in [0.15, 0.2) is 0 Å². The molecule has 6 heteroatoms. The van der Waals surface area contributed by atoms with Crippen LogP contribution in [-0.4, -0.2) is 28.0 Å². The third-order valence-corrected chi connectivity index (χ3v) is 5.08. The summed E-state index contributed by atoms with van der Waals surface area (Å²) in [5.74, 6) is 0.720. The molecule has 0 radical (unpaired) electrons. The summed E-state index contributed by atoms with van der Waals surface area (Å²) in [4.78, 5) is 20.5. The lowest BCUT2D eigenvalue weighted by atomic mass is 9.92. The van der Waals surface area contributed by atoms with Crippen LogP contribution in [0.4, 0.5) is 0 Å². The minimum absolute atomic E-state index is 0.114. The first kappa shape index (κ1) is 17.9. The van der Waals surface area contributed by atoms with Gasteiger partial charge in [0, 0.05) is 41.0 Å². The van der Waals surface area contributed by atoms with E-state index in [0.717, 1.165) is 42.2 Å². The number of carbonyl (C=O) groups excluding carboxylic acids is 1. The predicted octanol–water partition coefficient (Wildman–Crippen LogP) is 3.62. The number of amides is 1. The van der Waals surface area contributed by atoms with Crippen LogP contribution < -0.4 is 10.1 Å². The molecule has 1 N–H and O–H groups in total. The van der Waals surface area contributed by atoms with E-state index in [0.29, 0.717) is 5.56 Å². The second-order valence-electron chi connectivity index (χ2n) is 6.96. The van der Waals surface area contributed by atoms with Crippen LogP contribution in [0.3, 0.4) is 0 Å². The fraction of sp³-hybridized carbons (Fsp3) is 0.273. The lowest BCUT2D eigenvalue weighted by Gasteiger charge is -2.30. The van der Waals surface area contributed by atoms with E-state index in [-0.39, 0.29) is 23.7 Å². The fourth-order valence-corrected chi connectivity index (χ4v) is 3.60. The minimum Gasteiger partial charge on any atom is -0.490 e. The Balaban J connectivity index is 1.34. The number of aromatic nitrogens is 2. The van der Waals surface area contributed by atoms with Crippen molar-refractivity contribution in [3.8, 4) is 11.8 Å². The van der Waals surface area contributed by atoms with Gasteiger partial charge in [0.2, 0.25) is 0 Å². The quantitative estimate of drug-likeness (QED) is 0.756. The lowest BCUT2D eigenvalue weighted by Crippen LogP contribution is -2.39. The summed E-state index contributed by atoms with van der Waals surface area (Å²) < 4.78 is 6.25. The van der Waals surface area contributed by atoms with Gasteiger partial charge in [-0.3, -0.25) is 9.78 Å². The van der Waals surface area contributed by atoms with E-state index < -0.39 is 0 Å². The van der Waals surface area contributed by atoms with Crippen LogP contribution in [0.25, 0.3) is 10.8 Å². The average Bonchev–Trinajstić information content (AvgIpc) is 2.75. The van der Waals surface area contributed by atoms with Crippen molar-refractivity contribution in [1.29, 1.82) is 5.26 Å². The van der Waals surface area contributed by atoms with Gasteiger partial charge in [0.25, 0.3) is 5.91 Å². The molecule has 2 aromatic heterocycles. The molecule has 1 aromatic carbocycles. The molecule has 2 heterocycles. The number of fused-ring (bicyclic) bond motifs is 1. The number of nitrogens with one attached hydrogen (secondary N) is 1. The van der Waals surface area contributed by atoms with Crippen molar-refractivity contribution in [2.45, 2.75) is 37.8 Å². The number of carbonyl (C=O) groups is 1. The summed E-state index contributed by atoms with van der Waals surface area (Å²) >= 11 is 0. The maximum absolute atomic E-state index is 12.4. The summed E-state index contributed by atoms with van der Waals surface area (Å²) in [6.45, 7) is 0. The maximum atomic E-state index is 12.4. The standard InChI is InChI=1S/C22H20N4O2/c23-13-18-12-15(8-11-25-18)22(27)26-17-4-6-19(7-5-17)28-21-3-1-2-16-14-24-10-9-20(16)21/h1-3,8-12,14,17,19H,4-7H2,(H,26,27). The third-order valence-electron chi connectivity index (χ3n) is 5.08. The molecular weight excluding hydrogens is 352 g/mol. The van der Waals surface area contributed by atoms with Gasteiger partial charge in [-0.05, 0) is 49.9 Å². The van der Waals surface area contributed by atoms with Crippen LogP contribution in [0.1, 0.15) is 41.7 Å². The third kappa shape index (κ3) is 3.94. The van der Waals surface area contributed by atoms with E-state index in [1.54, 1.807) is 12.3 Å². The summed E-state index contributed by atoms with van der Waals surface area (Å²) in [5, 5.41) is 14.1. The molecular formula is C22H20N4O2. The molecule has 0 atom stereocenters. The highest BCUT2D eigenvalue weighted by Crippen LogP contribution is 2.29. The monoisotopic (exact) mass is 372 g/mol. The number of nitrogens with zero attached hydrogens (tertiary/aromatic N) is 3. The number of pyridine rings is 2. The lowest BCUT2D eigenvalue weighted by molar-refractivity contribution is 0.0895. The molecule has 140 valence electrons. The topological polar surface area (TPSA) is 87.9 Å². The molecule has 0 bridgehead atoms. The van der Waals surface area contributed by atoms with Crippen molar-refractivity contribution < 1.29 is 9.53 Å². The second kappa shape index (κ2) is 8.05. The van der Waals surface area contributed by atoms with E-state index in [1.165, 1.54) is 12.3 Å². The zero-order valence-corrected chi connectivity index (χ0v) is 15.3. The number of benzene rings is 1. The molecule has 0 saturated heterocycles. The van der Waals surface area contributed by atoms with Gasteiger partial charge in [0.1, 0.15) is 17.5 Å². The van der Waals surface area contributed by atoms with Gasteiger partial charge < -0.3 is 10.1 Å². The van der Waals surface area contributed by atoms with Crippen molar-refractivity contribution in [2.24, 2.45) is 0 Å². The SMILES string of the molecule is N#Cc1cc(C(=O)NC2CCC(Oc3cccc4cnccc34)CC2)ccn1. The van der Waals surface area contributed by atoms with Gasteiger partial charge in [-0.1, -0.05) is 12.1 Å². The normalized spacial score (nSPS) is 19.0. The number of hydrogen-bond donors (Lipinski definition) is 1. The molecule has 3 aromatic rings. The molecule has 4 rings (SSSR count). The van der Waals surface area contributed by atoms with Gasteiger partial charge in [-0.2, -0.15) is 5.26 Å². The molecule has 1 saturated carbocycles. The Morgan fingerprint density at radius 1 is 1.14 bits per heavy atom. The van der Waals surface area contributed by atoms with Crippen molar-refractivity contribution in [1.82, 2.24) is 15.3 Å². The van der Waals surface area contributed by atoms with Crippen molar-refractivity contribution >= 4 is 16.7 Å². The smallest absolute Gasteiger partial charge is 0.251 e. The molecule has 1 aliphatic rings. The van der Waals surface area contributed by atoms with Crippen LogP contribution in [0.2, 0.25) is 0 Å². The largest absolute Gasteiger partial charge is 0.490 e. The molecule has 1 amide bonds. The van der Waals surface area contributed by atoms with E-state index >= 15 is 0 Å². The number of hydrogen-bond acceptors (Lipinski definition) is 5. The summed E-state index contributed by atoms with van der Waals surface area (Å²) in [5.41, 5.74) is 0.712. The van der Waals surface area contributed by atoms with E-state index in [1.807, 2.05) is 36.5 Å². The van der Waals surface area contributed by atoms with Gasteiger partial charge in [-0.15, -0.1) is 0 Å². The summed E-state index contributed by atoms with van der Waals surface area (Å²) in [7, 11) is 0. The Hall–Kier alpha value is -3.46. The molecule has 0 unspecified atom stereocenters. The predicted molar refractivity (Wildman–Crippen MR) is 105 cm³/mol. The molecule has 1 aliphatic carbocycles.